The van der Waals surface area contributed by atoms with Gasteiger partial charge in [-0.05, 0) is 49.8 Å². The monoisotopic (exact) mass is 619 g/mol. The molecule has 3 amide bonds. The second kappa shape index (κ2) is 13.3. The third-order valence-corrected chi connectivity index (χ3v) is 9.91. The Balaban J connectivity index is 1.58. The van der Waals surface area contributed by atoms with Crippen molar-refractivity contribution < 1.29 is 24.2 Å². The molecule has 2 bridgehead atoms. The average Bonchev–Trinajstić information content (AvgIpc) is 3.63. The third-order valence-electron chi connectivity index (χ3n) is 9.59. The van der Waals surface area contributed by atoms with E-state index in [2.05, 4.69) is 13.2 Å². The fourth-order valence-electron chi connectivity index (χ4n) is 7.65. The Morgan fingerprint density at radius 3 is 2.41 bits per heavy atom. The fraction of sp³-hybridized carbons (Fsp3) is 0.457. The van der Waals surface area contributed by atoms with E-state index in [1.807, 2.05) is 43.3 Å². The Morgan fingerprint density at radius 2 is 1.75 bits per heavy atom. The van der Waals surface area contributed by atoms with Gasteiger partial charge in [-0.15, -0.1) is 13.2 Å². The Morgan fingerprint density at radius 1 is 1.05 bits per heavy atom. The highest BCUT2D eigenvalue weighted by atomic mass is 35.5. The van der Waals surface area contributed by atoms with Crippen molar-refractivity contribution >= 4 is 35.0 Å². The average molecular weight is 620 g/mol. The lowest BCUT2D eigenvalue weighted by Gasteiger charge is -2.37. The molecule has 3 saturated heterocycles. The summed E-state index contributed by atoms with van der Waals surface area (Å²) in [6.45, 7) is 10.9. The summed E-state index contributed by atoms with van der Waals surface area (Å²) in [6, 6.07) is 15.9. The molecule has 5 atom stereocenters. The molecule has 0 aromatic heterocycles. The Bertz CT molecular complexity index is 1400. The molecule has 3 aliphatic heterocycles. The number of halogens is 1. The highest BCUT2D eigenvalue weighted by molar-refractivity contribution is 6.34. The smallest absolute Gasteiger partial charge is 0.253 e. The summed E-state index contributed by atoms with van der Waals surface area (Å²) in [5.74, 6) is -2.28. The van der Waals surface area contributed by atoms with E-state index in [1.54, 1.807) is 45.1 Å². The van der Waals surface area contributed by atoms with Crippen LogP contribution in [-0.4, -0.2) is 76.1 Å². The number of hydrogen-bond donors (Lipinski definition) is 1. The van der Waals surface area contributed by atoms with Gasteiger partial charge in [0.1, 0.15) is 11.6 Å². The summed E-state index contributed by atoms with van der Waals surface area (Å²) in [6.07, 6.45) is 5.91. The molecule has 44 heavy (non-hydrogen) atoms. The molecule has 8 nitrogen and oxygen atoms in total. The number of ether oxygens (including phenoxy) is 1. The van der Waals surface area contributed by atoms with Gasteiger partial charge in [-0.2, -0.15) is 0 Å². The van der Waals surface area contributed by atoms with E-state index in [0.717, 1.165) is 5.56 Å². The van der Waals surface area contributed by atoms with Crippen LogP contribution < -0.4 is 4.90 Å². The van der Waals surface area contributed by atoms with Crippen molar-refractivity contribution in [2.75, 3.05) is 31.1 Å². The normalized spacial score (nSPS) is 26.8. The van der Waals surface area contributed by atoms with Crippen LogP contribution in [0.5, 0.6) is 0 Å². The van der Waals surface area contributed by atoms with Gasteiger partial charge in [-0.25, -0.2) is 0 Å². The molecule has 2 aromatic carbocycles. The molecule has 3 fully saturated rings. The van der Waals surface area contributed by atoms with Gasteiger partial charge in [0.2, 0.25) is 11.8 Å². The van der Waals surface area contributed by atoms with Crippen molar-refractivity contribution in [3.8, 4) is 0 Å². The minimum atomic E-state index is -1.17. The topological polar surface area (TPSA) is 90.4 Å². The van der Waals surface area contributed by atoms with Crippen LogP contribution in [0.15, 0.2) is 79.9 Å². The van der Waals surface area contributed by atoms with Crippen molar-refractivity contribution in [1.29, 1.82) is 0 Å². The van der Waals surface area contributed by atoms with Gasteiger partial charge in [0.25, 0.3) is 5.91 Å². The lowest BCUT2D eigenvalue weighted by Crippen LogP contribution is -2.56. The number of aliphatic hydroxyl groups excluding tert-OH is 1. The number of anilines is 1. The zero-order valence-electron chi connectivity index (χ0n) is 25.4. The standard InChI is InChI=1S/C35H42ClN3O5/c1-4-20-37(24-25-14-8-7-9-15-25)31(41)28-29-32(42)39(22-12-13-23-40)30(35(29)19-18-34(28,6-3)44-35)33(43)38(21-5-2)27-17-11-10-16-26(27)36/h4-5,7-11,14-17,28-30,40H,1-2,6,12-13,18-24H2,3H3/t28-,29-,30?,34+,35?/m0/s1. The van der Waals surface area contributed by atoms with Crippen molar-refractivity contribution in [2.45, 2.75) is 62.8 Å². The van der Waals surface area contributed by atoms with Crippen LogP contribution in [0.25, 0.3) is 0 Å². The lowest BCUT2D eigenvalue weighted by molar-refractivity contribution is -0.151. The van der Waals surface area contributed by atoms with E-state index < -0.39 is 29.1 Å². The number of nitrogens with zero attached hydrogens (tertiary/aromatic N) is 3. The van der Waals surface area contributed by atoms with Crippen molar-refractivity contribution in [1.82, 2.24) is 9.80 Å². The third kappa shape index (κ3) is 5.37. The number of carbonyl (C=O) groups excluding carboxylic acids is 3. The molecular formula is C35H42ClN3O5. The molecule has 5 rings (SSSR count). The summed E-state index contributed by atoms with van der Waals surface area (Å²) in [5.41, 5.74) is -0.538. The second-order valence-electron chi connectivity index (χ2n) is 12.0. The highest BCUT2D eigenvalue weighted by Gasteiger charge is 2.79. The Hall–Kier alpha value is -3.46. The quantitative estimate of drug-likeness (QED) is 0.237. The molecule has 2 aromatic rings. The molecular weight excluding hydrogens is 578 g/mol. The molecule has 0 saturated carbocycles. The van der Waals surface area contributed by atoms with Crippen molar-refractivity contribution in [3.63, 3.8) is 0 Å². The predicted octanol–water partition coefficient (Wildman–Crippen LogP) is 5.00. The van der Waals surface area contributed by atoms with Gasteiger partial charge in [0, 0.05) is 32.8 Å². The van der Waals surface area contributed by atoms with E-state index in [-0.39, 0.29) is 37.4 Å². The van der Waals surface area contributed by atoms with Gasteiger partial charge < -0.3 is 24.5 Å². The van der Waals surface area contributed by atoms with Crippen LogP contribution in [0, 0.1) is 11.8 Å². The molecule has 1 spiro atoms. The molecule has 2 unspecified atom stereocenters. The number of benzene rings is 2. The number of unbranched alkanes of at least 4 members (excludes halogenated alkanes) is 1. The second-order valence-corrected chi connectivity index (χ2v) is 12.4. The minimum absolute atomic E-state index is 0.0238. The van der Waals surface area contributed by atoms with Gasteiger partial charge in [-0.1, -0.05) is 73.1 Å². The minimum Gasteiger partial charge on any atom is -0.396 e. The number of carbonyl (C=O) groups is 3. The number of rotatable bonds is 14. The number of hydrogen-bond acceptors (Lipinski definition) is 5. The summed E-state index contributed by atoms with van der Waals surface area (Å²) in [4.78, 5) is 48.8. The van der Waals surface area contributed by atoms with E-state index in [4.69, 9.17) is 16.3 Å². The summed E-state index contributed by atoms with van der Waals surface area (Å²) in [7, 11) is 0. The van der Waals surface area contributed by atoms with Gasteiger partial charge >= 0.3 is 0 Å². The molecule has 3 aliphatic rings. The largest absolute Gasteiger partial charge is 0.396 e. The van der Waals surface area contributed by atoms with E-state index >= 15 is 0 Å². The van der Waals surface area contributed by atoms with Gasteiger partial charge in [-0.3, -0.25) is 14.4 Å². The summed E-state index contributed by atoms with van der Waals surface area (Å²) >= 11 is 6.58. The first-order valence-electron chi connectivity index (χ1n) is 15.5. The lowest BCUT2D eigenvalue weighted by atomic mass is 9.64. The van der Waals surface area contributed by atoms with E-state index in [9.17, 15) is 19.5 Å². The first-order valence-corrected chi connectivity index (χ1v) is 15.9. The maximum Gasteiger partial charge on any atom is 0.253 e. The van der Waals surface area contributed by atoms with Crippen molar-refractivity contribution in [3.05, 3.63) is 90.5 Å². The van der Waals surface area contributed by atoms with Gasteiger partial charge in [0.15, 0.2) is 0 Å². The van der Waals surface area contributed by atoms with Gasteiger partial charge in [0.05, 0.1) is 28.1 Å². The van der Waals surface area contributed by atoms with Crippen LogP contribution in [0.4, 0.5) is 5.69 Å². The maximum atomic E-state index is 14.7. The number of fused-ring (bicyclic) bond motifs is 1. The molecule has 0 aliphatic carbocycles. The van der Waals surface area contributed by atoms with Crippen LogP contribution in [0.1, 0.15) is 44.6 Å². The molecule has 234 valence electrons. The van der Waals surface area contributed by atoms with Crippen LogP contribution >= 0.6 is 11.6 Å². The summed E-state index contributed by atoms with van der Waals surface area (Å²) in [5, 5.41) is 9.92. The number of amides is 3. The first kappa shape index (κ1) is 31.9. The number of aliphatic hydroxyl groups is 1. The van der Waals surface area contributed by atoms with Crippen LogP contribution in [0.2, 0.25) is 5.02 Å². The molecule has 3 heterocycles. The van der Waals surface area contributed by atoms with E-state index in [0.29, 0.717) is 55.9 Å². The summed E-state index contributed by atoms with van der Waals surface area (Å²) < 4.78 is 6.98. The Labute approximate surface area is 264 Å². The maximum absolute atomic E-state index is 14.7. The van der Waals surface area contributed by atoms with E-state index in [1.165, 1.54) is 0 Å². The molecule has 9 heteroatoms. The van der Waals surface area contributed by atoms with Crippen molar-refractivity contribution in [2.24, 2.45) is 11.8 Å². The molecule has 1 N–H and O–H groups in total. The first-order chi connectivity index (χ1) is 21.3. The zero-order chi connectivity index (χ0) is 31.5. The Kier molecular flexibility index (Phi) is 9.63. The molecule has 0 radical (unpaired) electrons. The number of likely N-dealkylation sites (tertiary alicyclic amines) is 1. The number of para-hydroxylation sites is 1. The SMILES string of the molecule is C=CCN(Cc1ccccc1)C(=O)[C@@H]1[C@H]2C(=O)N(CCCCO)C(C(=O)N(CC=C)c3ccccc3Cl)C23CC[C@@]1(CC)O3. The van der Waals surface area contributed by atoms with Crippen LogP contribution in [-0.2, 0) is 25.7 Å². The zero-order valence-corrected chi connectivity index (χ0v) is 26.1. The van der Waals surface area contributed by atoms with Crippen LogP contribution in [0.3, 0.4) is 0 Å². The predicted molar refractivity (Wildman–Crippen MR) is 171 cm³/mol. The fourth-order valence-corrected chi connectivity index (χ4v) is 7.89. The highest BCUT2D eigenvalue weighted by Crippen LogP contribution is 2.64.